The molecule has 0 spiro atoms. The van der Waals surface area contributed by atoms with Gasteiger partial charge in [-0.15, -0.1) is 5.10 Å². The van der Waals surface area contributed by atoms with E-state index >= 15 is 0 Å². The van der Waals surface area contributed by atoms with Crippen molar-refractivity contribution in [1.29, 1.82) is 0 Å². The SMILES string of the molecule is Cc1cc(I)cc(C)c1NC(=O)CSc1n[nH]c(C(NC(=O)c2ccccc2)C(C)C)n1. The molecule has 2 aromatic carbocycles. The van der Waals surface area contributed by atoms with Crippen molar-refractivity contribution in [1.82, 2.24) is 20.5 Å². The molecular weight excluding hydrogens is 537 g/mol. The molecule has 0 bridgehead atoms. The first-order chi connectivity index (χ1) is 15.2. The molecule has 1 atom stereocenters. The highest BCUT2D eigenvalue weighted by Gasteiger charge is 2.23. The standard InChI is InChI=1S/C23H26IN5O2S/c1-13(2)19(26-22(31)16-8-6-5-7-9-16)21-27-23(29-28-21)32-12-18(30)25-20-14(3)10-17(24)11-15(20)4/h5-11,13,19H,12H2,1-4H3,(H,25,30)(H,26,31)(H,27,28,29). The minimum absolute atomic E-state index is 0.101. The number of aromatic amines is 1. The zero-order valence-corrected chi connectivity index (χ0v) is 21.4. The monoisotopic (exact) mass is 563 g/mol. The van der Waals surface area contributed by atoms with E-state index in [0.29, 0.717) is 16.5 Å². The van der Waals surface area contributed by atoms with E-state index in [0.717, 1.165) is 20.4 Å². The van der Waals surface area contributed by atoms with E-state index in [4.69, 9.17) is 0 Å². The van der Waals surface area contributed by atoms with Gasteiger partial charge in [-0.25, -0.2) is 4.98 Å². The molecule has 0 saturated heterocycles. The van der Waals surface area contributed by atoms with Crippen LogP contribution in [0.1, 0.15) is 47.2 Å². The number of hydrogen-bond donors (Lipinski definition) is 3. The molecule has 0 aliphatic heterocycles. The van der Waals surface area contributed by atoms with Crippen molar-refractivity contribution in [2.24, 2.45) is 5.92 Å². The third-order valence-corrected chi connectivity index (χ3v) is 6.33. The first kappa shape index (κ1) is 24.2. The highest BCUT2D eigenvalue weighted by Crippen LogP contribution is 2.25. The second kappa shape index (κ2) is 11.0. The number of thioether (sulfide) groups is 1. The Hall–Kier alpha value is -2.40. The Labute approximate surface area is 205 Å². The van der Waals surface area contributed by atoms with Gasteiger partial charge in [0.15, 0.2) is 0 Å². The molecule has 3 rings (SSSR count). The predicted octanol–water partition coefficient (Wildman–Crippen LogP) is 4.88. The third kappa shape index (κ3) is 6.32. The average Bonchev–Trinajstić information content (AvgIpc) is 3.22. The van der Waals surface area contributed by atoms with Crippen LogP contribution in [-0.4, -0.2) is 32.7 Å². The summed E-state index contributed by atoms with van der Waals surface area (Å²) in [6.07, 6.45) is 0. The van der Waals surface area contributed by atoms with Crippen LogP contribution in [0.4, 0.5) is 5.69 Å². The van der Waals surface area contributed by atoms with Crippen LogP contribution in [0.3, 0.4) is 0 Å². The molecule has 1 heterocycles. The Balaban J connectivity index is 1.61. The number of carbonyl (C=O) groups excluding carboxylic acids is 2. The summed E-state index contributed by atoms with van der Waals surface area (Å²) in [7, 11) is 0. The number of nitrogens with zero attached hydrogens (tertiary/aromatic N) is 2. The van der Waals surface area contributed by atoms with Gasteiger partial charge in [0.25, 0.3) is 5.91 Å². The Morgan fingerprint density at radius 3 is 2.41 bits per heavy atom. The normalized spacial score (nSPS) is 11.9. The summed E-state index contributed by atoms with van der Waals surface area (Å²) in [5.41, 5.74) is 3.49. The summed E-state index contributed by atoms with van der Waals surface area (Å²) in [5, 5.41) is 13.6. The molecule has 0 aliphatic carbocycles. The van der Waals surface area contributed by atoms with Crippen molar-refractivity contribution in [2.45, 2.75) is 38.9 Å². The van der Waals surface area contributed by atoms with Gasteiger partial charge in [0.05, 0.1) is 11.8 Å². The van der Waals surface area contributed by atoms with E-state index in [1.165, 1.54) is 11.8 Å². The molecule has 0 fully saturated rings. The minimum atomic E-state index is -0.324. The molecular formula is C23H26IN5O2S. The summed E-state index contributed by atoms with van der Waals surface area (Å²) in [6, 6.07) is 12.8. The molecule has 1 unspecified atom stereocenters. The van der Waals surface area contributed by atoms with Crippen LogP contribution >= 0.6 is 34.4 Å². The summed E-state index contributed by atoms with van der Waals surface area (Å²) >= 11 is 3.51. The quantitative estimate of drug-likeness (QED) is 0.268. The van der Waals surface area contributed by atoms with Crippen LogP contribution < -0.4 is 10.6 Å². The van der Waals surface area contributed by atoms with Gasteiger partial charge in [-0.3, -0.25) is 14.7 Å². The molecule has 3 aromatic rings. The zero-order chi connectivity index (χ0) is 23.3. The average molecular weight is 563 g/mol. The minimum Gasteiger partial charge on any atom is -0.342 e. The van der Waals surface area contributed by atoms with E-state index < -0.39 is 0 Å². The first-order valence-corrected chi connectivity index (χ1v) is 12.3. The number of benzene rings is 2. The molecule has 0 aliphatic rings. The molecule has 7 nitrogen and oxygen atoms in total. The van der Waals surface area contributed by atoms with E-state index in [2.05, 4.69) is 48.4 Å². The topological polar surface area (TPSA) is 99.8 Å². The molecule has 0 saturated carbocycles. The second-order valence-corrected chi connectivity index (χ2v) is 10.0. The summed E-state index contributed by atoms with van der Waals surface area (Å²) in [4.78, 5) is 29.5. The molecule has 168 valence electrons. The number of amides is 2. The zero-order valence-electron chi connectivity index (χ0n) is 18.4. The van der Waals surface area contributed by atoms with Crippen molar-refractivity contribution < 1.29 is 9.59 Å². The van der Waals surface area contributed by atoms with Crippen molar-refractivity contribution >= 4 is 51.9 Å². The van der Waals surface area contributed by atoms with Crippen LogP contribution in [0.25, 0.3) is 0 Å². The van der Waals surface area contributed by atoms with E-state index in [1.807, 2.05) is 58.0 Å². The second-order valence-electron chi connectivity index (χ2n) is 7.82. The van der Waals surface area contributed by atoms with Gasteiger partial charge >= 0.3 is 0 Å². The number of anilines is 1. The Morgan fingerprint density at radius 1 is 1.12 bits per heavy atom. The lowest BCUT2D eigenvalue weighted by Gasteiger charge is -2.19. The summed E-state index contributed by atoms with van der Waals surface area (Å²) in [5.74, 6) is 0.564. The Kier molecular flexibility index (Phi) is 8.30. The molecule has 1 aromatic heterocycles. The van der Waals surface area contributed by atoms with Crippen LogP contribution in [0, 0.1) is 23.3 Å². The maximum absolute atomic E-state index is 12.6. The summed E-state index contributed by atoms with van der Waals surface area (Å²) in [6.45, 7) is 7.97. The molecule has 9 heteroatoms. The smallest absolute Gasteiger partial charge is 0.251 e. The lowest BCUT2D eigenvalue weighted by molar-refractivity contribution is -0.113. The van der Waals surface area contributed by atoms with E-state index in [1.54, 1.807) is 12.1 Å². The van der Waals surface area contributed by atoms with Crippen molar-refractivity contribution in [3.8, 4) is 0 Å². The number of halogens is 1. The fourth-order valence-corrected chi connectivity index (χ4v) is 4.78. The predicted molar refractivity (Wildman–Crippen MR) is 136 cm³/mol. The number of rotatable bonds is 8. The van der Waals surface area contributed by atoms with Gasteiger partial charge in [0.2, 0.25) is 11.1 Å². The van der Waals surface area contributed by atoms with E-state index in [9.17, 15) is 9.59 Å². The number of carbonyl (C=O) groups is 2. The number of nitrogens with one attached hydrogen (secondary N) is 3. The fourth-order valence-electron chi connectivity index (χ4n) is 3.24. The number of aryl methyl sites for hydroxylation is 2. The van der Waals surface area contributed by atoms with Gasteiger partial charge < -0.3 is 10.6 Å². The highest BCUT2D eigenvalue weighted by atomic mass is 127. The van der Waals surface area contributed by atoms with Crippen molar-refractivity contribution in [3.63, 3.8) is 0 Å². The lowest BCUT2D eigenvalue weighted by atomic mass is 10.0. The van der Waals surface area contributed by atoms with Gasteiger partial charge in [-0.1, -0.05) is 43.8 Å². The number of hydrogen-bond acceptors (Lipinski definition) is 5. The molecule has 0 radical (unpaired) electrons. The maximum atomic E-state index is 12.6. The number of H-pyrrole nitrogens is 1. The molecule has 32 heavy (non-hydrogen) atoms. The molecule has 2 amide bonds. The van der Waals surface area contributed by atoms with Gasteiger partial charge in [-0.2, -0.15) is 0 Å². The number of aromatic nitrogens is 3. The maximum Gasteiger partial charge on any atom is 0.251 e. The van der Waals surface area contributed by atoms with Crippen LogP contribution in [0.2, 0.25) is 0 Å². The van der Waals surface area contributed by atoms with Crippen LogP contribution in [0.15, 0.2) is 47.6 Å². The van der Waals surface area contributed by atoms with E-state index in [-0.39, 0.29) is 29.5 Å². The summed E-state index contributed by atoms with van der Waals surface area (Å²) < 4.78 is 1.14. The largest absolute Gasteiger partial charge is 0.342 e. The highest BCUT2D eigenvalue weighted by molar-refractivity contribution is 14.1. The van der Waals surface area contributed by atoms with Crippen LogP contribution in [-0.2, 0) is 4.79 Å². The van der Waals surface area contributed by atoms with Crippen LogP contribution in [0.5, 0.6) is 0 Å². The third-order valence-electron chi connectivity index (χ3n) is 4.86. The van der Waals surface area contributed by atoms with Crippen molar-refractivity contribution in [2.75, 3.05) is 11.1 Å². The fraction of sp³-hybridized carbons (Fsp3) is 0.304. The van der Waals surface area contributed by atoms with Gasteiger partial charge in [0.1, 0.15) is 5.82 Å². The first-order valence-electron chi connectivity index (χ1n) is 10.2. The Morgan fingerprint density at radius 2 is 1.78 bits per heavy atom. The molecule has 3 N–H and O–H groups in total. The van der Waals surface area contributed by atoms with Gasteiger partial charge in [0, 0.05) is 14.8 Å². The van der Waals surface area contributed by atoms with Crippen molar-refractivity contribution in [3.05, 3.63) is 68.5 Å². The van der Waals surface area contributed by atoms with Gasteiger partial charge in [-0.05, 0) is 77.7 Å². The Bertz CT molecular complexity index is 1080. The lowest BCUT2D eigenvalue weighted by Crippen LogP contribution is -2.32.